The number of aromatic nitrogens is 3. The van der Waals surface area contributed by atoms with Crippen molar-refractivity contribution in [2.24, 2.45) is 7.05 Å². The number of carbonyl (C=O) groups is 1. The Bertz CT molecular complexity index is 522. The maximum absolute atomic E-state index is 10.9. The molecule has 2 aromatic rings. The summed E-state index contributed by atoms with van der Waals surface area (Å²) in [4.78, 5) is 10.9. The second-order valence-electron chi connectivity index (χ2n) is 3.42. The fourth-order valence-corrected chi connectivity index (χ4v) is 1.37. The average Bonchev–Trinajstić information content (AvgIpc) is 2.69. The van der Waals surface area contributed by atoms with Crippen LogP contribution in [0.2, 0.25) is 0 Å². The zero-order valence-electron chi connectivity index (χ0n) is 9.20. The Morgan fingerprint density at radius 2 is 2.12 bits per heavy atom. The summed E-state index contributed by atoms with van der Waals surface area (Å²) in [5, 5.41) is 16.1. The summed E-state index contributed by atoms with van der Waals surface area (Å²) in [5.41, 5.74) is 0.352. The van der Waals surface area contributed by atoms with E-state index in [0.29, 0.717) is 11.4 Å². The normalized spacial score (nSPS) is 10.2. The highest BCUT2D eigenvalue weighted by atomic mass is 16.5. The molecule has 0 radical (unpaired) electrons. The van der Waals surface area contributed by atoms with E-state index in [1.807, 2.05) is 18.2 Å². The van der Waals surface area contributed by atoms with Crippen molar-refractivity contribution < 1.29 is 14.6 Å². The monoisotopic (exact) mass is 233 g/mol. The van der Waals surface area contributed by atoms with E-state index in [-0.39, 0.29) is 12.3 Å². The van der Waals surface area contributed by atoms with Crippen LogP contribution in [0.25, 0.3) is 0 Å². The molecular formula is C11H11N3O3. The van der Waals surface area contributed by atoms with Crippen LogP contribution in [0.5, 0.6) is 5.75 Å². The summed E-state index contributed by atoms with van der Waals surface area (Å²) in [5.74, 6) is -0.435. The highest BCUT2D eigenvalue weighted by molar-refractivity contribution is 5.86. The van der Waals surface area contributed by atoms with E-state index < -0.39 is 5.97 Å². The Hall–Kier alpha value is -2.37. The first kappa shape index (κ1) is 11.1. The molecular weight excluding hydrogens is 222 g/mol. The number of carboxylic acids is 1. The molecule has 0 amide bonds. The van der Waals surface area contributed by atoms with Crippen molar-refractivity contribution in [2.45, 2.75) is 6.61 Å². The molecule has 6 nitrogen and oxygen atoms in total. The molecule has 0 aliphatic carbocycles. The van der Waals surface area contributed by atoms with Gasteiger partial charge in [-0.25, -0.2) is 9.48 Å². The maximum Gasteiger partial charge on any atom is 0.358 e. The van der Waals surface area contributed by atoms with Gasteiger partial charge in [-0.15, -0.1) is 5.10 Å². The van der Waals surface area contributed by atoms with Crippen LogP contribution >= 0.6 is 0 Å². The molecule has 6 heteroatoms. The van der Waals surface area contributed by atoms with Gasteiger partial charge in [0, 0.05) is 7.05 Å². The third-order valence-corrected chi connectivity index (χ3v) is 2.26. The highest BCUT2D eigenvalue weighted by Gasteiger charge is 2.17. The summed E-state index contributed by atoms with van der Waals surface area (Å²) >= 11 is 0. The molecule has 1 N–H and O–H groups in total. The summed E-state index contributed by atoms with van der Waals surface area (Å²) in [7, 11) is 1.63. The number of rotatable bonds is 4. The van der Waals surface area contributed by atoms with Crippen molar-refractivity contribution in [3.63, 3.8) is 0 Å². The first-order valence-electron chi connectivity index (χ1n) is 4.98. The molecule has 1 aromatic heterocycles. The molecule has 0 aliphatic heterocycles. The van der Waals surface area contributed by atoms with Gasteiger partial charge < -0.3 is 9.84 Å². The first-order valence-corrected chi connectivity index (χ1v) is 4.98. The number of hydrogen-bond acceptors (Lipinski definition) is 4. The van der Waals surface area contributed by atoms with Crippen LogP contribution < -0.4 is 4.74 Å². The minimum Gasteiger partial charge on any atom is -0.487 e. The quantitative estimate of drug-likeness (QED) is 0.855. The van der Waals surface area contributed by atoms with Crippen molar-refractivity contribution >= 4 is 5.97 Å². The van der Waals surface area contributed by atoms with Crippen LogP contribution in [-0.4, -0.2) is 26.1 Å². The fourth-order valence-electron chi connectivity index (χ4n) is 1.37. The minimum absolute atomic E-state index is 0.0802. The summed E-state index contributed by atoms with van der Waals surface area (Å²) in [6, 6.07) is 9.15. The van der Waals surface area contributed by atoms with E-state index in [9.17, 15) is 4.79 Å². The lowest BCUT2D eigenvalue weighted by Gasteiger charge is -2.06. The second kappa shape index (κ2) is 4.65. The standard InChI is InChI=1S/C11H11N3O3/c1-14-9(10(11(15)16)12-13-14)7-17-8-5-3-2-4-6-8/h2-6H,7H2,1H3,(H,15,16). The SMILES string of the molecule is Cn1nnc(C(=O)O)c1COc1ccccc1. The zero-order valence-corrected chi connectivity index (χ0v) is 9.20. The number of carboxylic acid groups (broad SMARTS) is 1. The van der Waals surface area contributed by atoms with Gasteiger partial charge in [0.05, 0.1) is 0 Å². The average molecular weight is 233 g/mol. The first-order chi connectivity index (χ1) is 8.18. The smallest absolute Gasteiger partial charge is 0.358 e. The van der Waals surface area contributed by atoms with Crippen LogP contribution in [0, 0.1) is 0 Å². The summed E-state index contributed by atoms with van der Waals surface area (Å²) < 4.78 is 6.85. The van der Waals surface area contributed by atoms with Gasteiger partial charge >= 0.3 is 5.97 Å². The van der Waals surface area contributed by atoms with Gasteiger partial charge in [0.15, 0.2) is 5.69 Å². The zero-order chi connectivity index (χ0) is 12.3. The Kier molecular flexibility index (Phi) is 3.04. The molecule has 0 fully saturated rings. The van der Waals surface area contributed by atoms with Crippen molar-refractivity contribution in [2.75, 3.05) is 0 Å². The Morgan fingerprint density at radius 1 is 1.41 bits per heavy atom. The van der Waals surface area contributed by atoms with E-state index >= 15 is 0 Å². The summed E-state index contributed by atoms with van der Waals surface area (Å²) in [6.45, 7) is 0.120. The number of ether oxygens (including phenoxy) is 1. The molecule has 1 aromatic carbocycles. The third kappa shape index (κ3) is 2.41. The molecule has 2 rings (SSSR count). The topological polar surface area (TPSA) is 77.2 Å². The van der Waals surface area contributed by atoms with E-state index in [2.05, 4.69) is 10.3 Å². The lowest BCUT2D eigenvalue weighted by atomic mass is 10.3. The molecule has 88 valence electrons. The van der Waals surface area contributed by atoms with Crippen LogP contribution in [0.1, 0.15) is 16.2 Å². The van der Waals surface area contributed by atoms with Gasteiger partial charge in [-0.3, -0.25) is 0 Å². The van der Waals surface area contributed by atoms with Crippen molar-refractivity contribution in [3.8, 4) is 5.75 Å². The number of hydrogen-bond donors (Lipinski definition) is 1. The third-order valence-electron chi connectivity index (χ3n) is 2.26. The molecule has 1 heterocycles. The Labute approximate surface area is 97.4 Å². The largest absolute Gasteiger partial charge is 0.487 e. The Morgan fingerprint density at radius 3 is 2.76 bits per heavy atom. The van der Waals surface area contributed by atoms with Gasteiger partial charge in [-0.1, -0.05) is 23.4 Å². The van der Waals surface area contributed by atoms with E-state index in [1.165, 1.54) is 4.68 Å². The molecule has 0 aliphatic rings. The summed E-state index contributed by atoms with van der Waals surface area (Å²) in [6.07, 6.45) is 0. The van der Waals surface area contributed by atoms with Gasteiger partial charge in [-0.2, -0.15) is 0 Å². The molecule has 0 saturated heterocycles. The molecule has 17 heavy (non-hydrogen) atoms. The van der Waals surface area contributed by atoms with Gasteiger partial charge in [0.2, 0.25) is 0 Å². The lowest BCUT2D eigenvalue weighted by molar-refractivity contribution is 0.0687. The van der Waals surface area contributed by atoms with Crippen molar-refractivity contribution in [1.82, 2.24) is 15.0 Å². The van der Waals surface area contributed by atoms with Crippen LogP contribution in [0.15, 0.2) is 30.3 Å². The van der Waals surface area contributed by atoms with Crippen LogP contribution in [-0.2, 0) is 13.7 Å². The predicted molar refractivity (Wildman–Crippen MR) is 58.7 cm³/mol. The van der Waals surface area contributed by atoms with Crippen molar-refractivity contribution in [1.29, 1.82) is 0 Å². The molecule has 0 unspecified atom stereocenters. The molecule has 0 saturated carbocycles. The highest BCUT2D eigenvalue weighted by Crippen LogP contribution is 2.12. The maximum atomic E-state index is 10.9. The van der Waals surface area contributed by atoms with Gasteiger partial charge in [0.1, 0.15) is 18.1 Å². The molecule has 0 atom stereocenters. The number of benzene rings is 1. The Balaban J connectivity index is 2.14. The van der Waals surface area contributed by atoms with Crippen LogP contribution in [0.3, 0.4) is 0 Å². The van der Waals surface area contributed by atoms with Gasteiger partial charge in [0.25, 0.3) is 0 Å². The van der Waals surface area contributed by atoms with Crippen molar-refractivity contribution in [3.05, 3.63) is 41.7 Å². The van der Waals surface area contributed by atoms with E-state index in [0.717, 1.165) is 0 Å². The molecule has 0 spiro atoms. The fraction of sp³-hybridized carbons (Fsp3) is 0.182. The number of para-hydroxylation sites is 1. The number of nitrogens with zero attached hydrogens (tertiary/aromatic N) is 3. The molecule has 0 bridgehead atoms. The van der Waals surface area contributed by atoms with Crippen LogP contribution in [0.4, 0.5) is 0 Å². The van der Waals surface area contributed by atoms with E-state index in [1.54, 1.807) is 19.2 Å². The van der Waals surface area contributed by atoms with Gasteiger partial charge in [-0.05, 0) is 12.1 Å². The number of aromatic carboxylic acids is 1. The minimum atomic E-state index is -1.11. The second-order valence-corrected chi connectivity index (χ2v) is 3.42. The lowest BCUT2D eigenvalue weighted by Crippen LogP contribution is -2.08. The predicted octanol–water partition coefficient (Wildman–Crippen LogP) is 1.09. The number of aryl methyl sites for hydroxylation is 1. The van der Waals surface area contributed by atoms with E-state index in [4.69, 9.17) is 9.84 Å².